The molecule has 3 nitrogen and oxygen atoms in total. The molecule has 2 rings (SSSR count). The van der Waals surface area contributed by atoms with Gasteiger partial charge in [0, 0.05) is 25.7 Å². The Balaban J connectivity index is 1.86. The molecule has 2 fully saturated rings. The number of piperidine rings is 1. The van der Waals surface area contributed by atoms with Crippen LogP contribution in [0.3, 0.4) is 0 Å². The van der Waals surface area contributed by atoms with E-state index >= 15 is 0 Å². The van der Waals surface area contributed by atoms with Gasteiger partial charge in [-0.1, -0.05) is 25.5 Å². The van der Waals surface area contributed by atoms with Crippen LogP contribution in [0.25, 0.3) is 0 Å². The molecule has 1 saturated carbocycles. The van der Waals surface area contributed by atoms with Crippen LogP contribution in [0.15, 0.2) is 11.6 Å². The zero-order valence-corrected chi connectivity index (χ0v) is 16.2. The van der Waals surface area contributed by atoms with Crippen LogP contribution in [0.4, 0.5) is 0 Å². The Morgan fingerprint density at radius 2 is 1.83 bits per heavy atom. The summed E-state index contributed by atoms with van der Waals surface area (Å²) in [4.78, 5) is 17.5. The first-order valence-corrected chi connectivity index (χ1v) is 9.28. The van der Waals surface area contributed by atoms with E-state index in [1.165, 1.54) is 5.57 Å². The van der Waals surface area contributed by atoms with E-state index in [0.29, 0.717) is 17.9 Å². The summed E-state index contributed by atoms with van der Waals surface area (Å²) in [6.45, 7) is 16.3. The number of hydrogen-bond acceptors (Lipinski definition) is 2. The summed E-state index contributed by atoms with van der Waals surface area (Å²) in [5.74, 6) is 1.78. The van der Waals surface area contributed by atoms with Crippen LogP contribution in [0.2, 0.25) is 0 Å². The fraction of sp³-hybridized carbons (Fsp3) is 0.850. The highest BCUT2D eigenvalue weighted by Crippen LogP contribution is 2.60. The zero-order valence-electron chi connectivity index (χ0n) is 16.2. The first-order valence-electron chi connectivity index (χ1n) is 9.28. The number of rotatable bonds is 5. The molecule has 2 aliphatic rings. The topological polar surface area (TPSA) is 23.6 Å². The Morgan fingerprint density at radius 1 is 1.26 bits per heavy atom. The third-order valence-corrected chi connectivity index (χ3v) is 6.04. The Morgan fingerprint density at radius 3 is 2.30 bits per heavy atom. The minimum Gasteiger partial charge on any atom is -0.342 e. The summed E-state index contributed by atoms with van der Waals surface area (Å²) >= 11 is 0. The normalized spacial score (nSPS) is 27.4. The van der Waals surface area contributed by atoms with Crippen molar-refractivity contribution in [2.45, 2.75) is 60.4 Å². The number of carbonyl (C=O) groups excluding carboxylic acids is 1. The van der Waals surface area contributed by atoms with Gasteiger partial charge in [0.05, 0.1) is 5.92 Å². The lowest BCUT2D eigenvalue weighted by Gasteiger charge is -2.35. The maximum Gasteiger partial charge on any atom is 0.226 e. The van der Waals surface area contributed by atoms with E-state index < -0.39 is 0 Å². The Kier molecular flexibility index (Phi) is 5.60. The van der Waals surface area contributed by atoms with Crippen molar-refractivity contribution in [3.8, 4) is 0 Å². The van der Waals surface area contributed by atoms with Gasteiger partial charge in [-0.05, 0) is 64.8 Å². The van der Waals surface area contributed by atoms with Gasteiger partial charge in [-0.2, -0.15) is 0 Å². The highest BCUT2D eigenvalue weighted by atomic mass is 16.2. The molecule has 1 amide bonds. The summed E-state index contributed by atoms with van der Waals surface area (Å²) in [5, 5.41) is 0. The highest BCUT2D eigenvalue weighted by Gasteiger charge is 2.61. The third-order valence-electron chi connectivity index (χ3n) is 6.04. The van der Waals surface area contributed by atoms with E-state index in [-0.39, 0.29) is 11.3 Å². The van der Waals surface area contributed by atoms with Gasteiger partial charge in [0.15, 0.2) is 0 Å². The average molecular weight is 321 g/mol. The smallest absolute Gasteiger partial charge is 0.226 e. The molecule has 3 heteroatoms. The summed E-state index contributed by atoms with van der Waals surface area (Å²) in [6, 6.07) is 0.603. The maximum atomic E-state index is 12.9. The Labute approximate surface area is 143 Å². The fourth-order valence-electron chi connectivity index (χ4n) is 3.97. The van der Waals surface area contributed by atoms with Gasteiger partial charge in [0.1, 0.15) is 0 Å². The van der Waals surface area contributed by atoms with Gasteiger partial charge in [-0.15, -0.1) is 0 Å². The molecule has 0 unspecified atom stereocenters. The highest BCUT2D eigenvalue weighted by molar-refractivity contribution is 5.84. The monoisotopic (exact) mass is 320 g/mol. The summed E-state index contributed by atoms with van der Waals surface area (Å²) in [6.07, 6.45) is 4.61. The molecule has 0 N–H and O–H groups in total. The molecule has 0 spiro atoms. The molecular weight excluding hydrogens is 284 g/mol. The molecule has 0 aromatic heterocycles. The minimum absolute atomic E-state index is 0.142. The van der Waals surface area contributed by atoms with E-state index in [4.69, 9.17) is 0 Å². The second kappa shape index (κ2) is 6.96. The van der Waals surface area contributed by atoms with E-state index in [1.807, 2.05) is 0 Å². The molecule has 2 atom stereocenters. The van der Waals surface area contributed by atoms with Crippen molar-refractivity contribution in [1.29, 1.82) is 0 Å². The van der Waals surface area contributed by atoms with Crippen LogP contribution in [0, 0.1) is 23.2 Å². The summed E-state index contributed by atoms with van der Waals surface area (Å²) < 4.78 is 0. The molecule has 0 aromatic rings. The molecule has 0 bridgehead atoms. The molecule has 1 aliphatic heterocycles. The first-order chi connectivity index (χ1) is 10.6. The van der Waals surface area contributed by atoms with Crippen molar-refractivity contribution in [3.05, 3.63) is 11.6 Å². The van der Waals surface area contributed by atoms with Crippen molar-refractivity contribution in [1.82, 2.24) is 9.80 Å². The standard InChI is InChI=1S/C20H36N2O/c1-14(2)12-17-18(20(17,5)6)19(23)22-10-8-16(9-11-22)13-21(7)15(3)4/h12,15-18H,8-11,13H2,1-7H3/t17-,18+/m0/s1. The number of amides is 1. The first kappa shape index (κ1) is 18.5. The number of nitrogens with zero attached hydrogens (tertiary/aromatic N) is 2. The fourth-order valence-corrected chi connectivity index (χ4v) is 3.97. The predicted octanol–water partition coefficient (Wildman–Crippen LogP) is 3.80. The van der Waals surface area contributed by atoms with E-state index in [2.05, 4.69) is 64.5 Å². The molecule has 0 radical (unpaired) electrons. The van der Waals surface area contributed by atoms with Crippen molar-refractivity contribution in [2.75, 3.05) is 26.7 Å². The Bertz CT molecular complexity index is 454. The minimum atomic E-state index is 0.142. The Hall–Kier alpha value is -0.830. The molecule has 23 heavy (non-hydrogen) atoms. The molecule has 1 saturated heterocycles. The van der Waals surface area contributed by atoms with Gasteiger partial charge in [-0.25, -0.2) is 0 Å². The lowest BCUT2D eigenvalue weighted by atomic mass is 9.95. The molecule has 0 aromatic carbocycles. The number of carbonyl (C=O) groups is 1. The van der Waals surface area contributed by atoms with Gasteiger partial charge in [-0.3, -0.25) is 4.79 Å². The van der Waals surface area contributed by atoms with Crippen molar-refractivity contribution < 1.29 is 4.79 Å². The van der Waals surface area contributed by atoms with Crippen molar-refractivity contribution in [2.24, 2.45) is 23.2 Å². The molecule has 1 heterocycles. The van der Waals surface area contributed by atoms with E-state index in [9.17, 15) is 4.79 Å². The van der Waals surface area contributed by atoms with E-state index in [0.717, 1.165) is 38.4 Å². The number of hydrogen-bond donors (Lipinski definition) is 0. The second-order valence-electron chi connectivity index (χ2n) is 8.87. The second-order valence-corrected chi connectivity index (χ2v) is 8.87. The van der Waals surface area contributed by atoms with Crippen LogP contribution >= 0.6 is 0 Å². The zero-order chi connectivity index (χ0) is 17.4. The lowest BCUT2D eigenvalue weighted by Crippen LogP contribution is -2.43. The van der Waals surface area contributed by atoms with E-state index in [1.54, 1.807) is 0 Å². The number of likely N-dealkylation sites (tertiary alicyclic amines) is 1. The van der Waals surface area contributed by atoms with Gasteiger partial charge in [0.2, 0.25) is 5.91 Å². The summed E-state index contributed by atoms with van der Waals surface area (Å²) in [5.41, 5.74) is 1.47. The molecule has 1 aliphatic carbocycles. The van der Waals surface area contributed by atoms with Crippen LogP contribution in [-0.2, 0) is 4.79 Å². The van der Waals surface area contributed by atoms with Crippen LogP contribution < -0.4 is 0 Å². The lowest BCUT2D eigenvalue weighted by molar-refractivity contribution is -0.135. The van der Waals surface area contributed by atoms with Crippen LogP contribution in [-0.4, -0.2) is 48.4 Å². The average Bonchev–Trinajstić information content (AvgIpc) is 2.98. The van der Waals surface area contributed by atoms with Crippen molar-refractivity contribution in [3.63, 3.8) is 0 Å². The third kappa shape index (κ3) is 4.17. The predicted molar refractivity (Wildman–Crippen MR) is 97.3 cm³/mol. The SMILES string of the molecule is CC(C)=C[C@H]1[C@H](C(=O)N2CCC(CN(C)C(C)C)CC2)C1(C)C. The maximum absolute atomic E-state index is 12.9. The van der Waals surface area contributed by atoms with Gasteiger partial charge < -0.3 is 9.80 Å². The van der Waals surface area contributed by atoms with Gasteiger partial charge in [0.25, 0.3) is 0 Å². The van der Waals surface area contributed by atoms with Crippen molar-refractivity contribution >= 4 is 5.91 Å². The number of allylic oxidation sites excluding steroid dienone is 2. The largest absolute Gasteiger partial charge is 0.342 e. The molecule has 132 valence electrons. The van der Waals surface area contributed by atoms with Crippen LogP contribution in [0.1, 0.15) is 54.4 Å². The molecular formula is C20H36N2O. The summed E-state index contributed by atoms with van der Waals surface area (Å²) in [7, 11) is 2.21. The van der Waals surface area contributed by atoms with Crippen LogP contribution in [0.5, 0.6) is 0 Å². The quantitative estimate of drug-likeness (QED) is 0.719. The van der Waals surface area contributed by atoms with Gasteiger partial charge >= 0.3 is 0 Å².